The summed E-state index contributed by atoms with van der Waals surface area (Å²) in [7, 11) is 1.48. The van der Waals surface area contributed by atoms with Crippen LogP contribution < -0.4 is 5.32 Å². The Bertz CT molecular complexity index is 201. The van der Waals surface area contributed by atoms with E-state index in [0.29, 0.717) is 5.92 Å². The Morgan fingerprint density at radius 2 is 2.15 bits per heavy atom. The molecule has 1 N–H and O–H groups in total. The molecule has 0 aromatic rings. The summed E-state index contributed by atoms with van der Waals surface area (Å²) >= 11 is 0. The Morgan fingerprint density at radius 1 is 1.38 bits per heavy atom. The van der Waals surface area contributed by atoms with Crippen LogP contribution in [-0.2, 0) is 9.53 Å². The number of esters is 1. The summed E-state index contributed by atoms with van der Waals surface area (Å²) in [5, 5.41) is 3.29. The van der Waals surface area contributed by atoms with Gasteiger partial charge in [-0.3, -0.25) is 4.79 Å². The number of ether oxygens (including phenoxy) is 1. The van der Waals surface area contributed by atoms with Gasteiger partial charge >= 0.3 is 5.97 Å². The van der Waals surface area contributed by atoms with Crippen molar-refractivity contribution < 1.29 is 9.53 Å². The van der Waals surface area contributed by atoms with Gasteiger partial charge in [0.2, 0.25) is 0 Å². The second-order valence-electron chi connectivity index (χ2n) is 4.14. The molecule has 0 aromatic heterocycles. The van der Waals surface area contributed by atoms with Crippen LogP contribution in [0.5, 0.6) is 0 Å². The number of hydrogen-bond donors (Lipinski definition) is 1. The van der Waals surface area contributed by atoms with E-state index >= 15 is 0 Å². The van der Waals surface area contributed by atoms with Crippen LogP contribution in [0, 0.1) is 17.8 Å². The topological polar surface area (TPSA) is 38.3 Å². The van der Waals surface area contributed by atoms with E-state index in [0.717, 1.165) is 19.0 Å². The van der Waals surface area contributed by atoms with Gasteiger partial charge in [-0.05, 0) is 18.4 Å². The van der Waals surface area contributed by atoms with Gasteiger partial charge in [0.25, 0.3) is 0 Å². The Kier molecular flexibility index (Phi) is 2.54. The van der Waals surface area contributed by atoms with Crippen LogP contribution in [0.15, 0.2) is 0 Å². The lowest BCUT2D eigenvalue weighted by Crippen LogP contribution is -2.32. The summed E-state index contributed by atoms with van der Waals surface area (Å²) in [6, 6.07) is 0. The lowest BCUT2D eigenvalue weighted by Gasteiger charge is -2.33. The molecular formula is C10H17NO2. The number of hydrogen-bond acceptors (Lipinski definition) is 3. The standard InChI is InChI=1S/C10H17NO2/c1-13-10(12)9-6-11-5-8(9)7-3-2-4-7/h7-9,11H,2-6H2,1H3. The van der Waals surface area contributed by atoms with Gasteiger partial charge in [-0.15, -0.1) is 0 Å². The van der Waals surface area contributed by atoms with E-state index in [1.165, 1.54) is 26.4 Å². The number of rotatable bonds is 2. The monoisotopic (exact) mass is 183 g/mol. The van der Waals surface area contributed by atoms with Crippen molar-refractivity contribution in [2.75, 3.05) is 20.2 Å². The Labute approximate surface area is 78.8 Å². The maximum atomic E-state index is 11.4. The first-order valence-electron chi connectivity index (χ1n) is 5.11. The molecule has 2 unspecified atom stereocenters. The normalized spacial score (nSPS) is 34.2. The number of carbonyl (C=O) groups excluding carboxylic acids is 1. The fourth-order valence-corrected chi connectivity index (χ4v) is 2.47. The zero-order valence-electron chi connectivity index (χ0n) is 8.08. The highest BCUT2D eigenvalue weighted by atomic mass is 16.5. The van der Waals surface area contributed by atoms with Gasteiger partial charge in [0.05, 0.1) is 13.0 Å². The van der Waals surface area contributed by atoms with Crippen molar-refractivity contribution in [1.29, 1.82) is 0 Å². The number of nitrogens with one attached hydrogen (secondary N) is 1. The number of carbonyl (C=O) groups is 1. The average Bonchev–Trinajstić information content (AvgIpc) is 2.49. The lowest BCUT2D eigenvalue weighted by atomic mass is 9.72. The van der Waals surface area contributed by atoms with E-state index in [1.54, 1.807) is 0 Å². The molecule has 1 saturated heterocycles. The maximum Gasteiger partial charge on any atom is 0.310 e. The fraction of sp³-hybridized carbons (Fsp3) is 0.900. The smallest absolute Gasteiger partial charge is 0.310 e. The molecular weight excluding hydrogens is 166 g/mol. The summed E-state index contributed by atoms with van der Waals surface area (Å²) in [6.07, 6.45) is 3.95. The zero-order valence-corrected chi connectivity index (χ0v) is 8.08. The molecule has 1 saturated carbocycles. The van der Waals surface area contributed by atoms with Crippen LogP contribution in [0.1, 0.15) is 19.3 Å². The molecule has 0 amide bonds. The van der Waals surface area contributed by atoms with Crippen LogP contribution in [0.3, 0.4) is 0 Å². The SMILES string of the molecule is COC(=O)C1CNCC1C1CCC1. The van der Waals surface area contributed by atoms with Crippen molar-refractivity contribution in [2.45, 2.75) is 19.3 Å². The summed E-state index contributed by atoms with van der Waals surface area (Å²) in [5.41, 5.74) is 0. The van der Waals surface area contributed by atoms with Crippen LogP contribution >= 0.6 is 0 Å². The Hall–Kier alpha value is -0.570. The molecule has 2 fully saturated rings. The van der Waals surface area contributed by atoms with Crippen molar-refractivity contribution in [1.82, 2.24) is 5.32 Å². The van der Waals surface area contributed by atoms with Crippen molar-refractivity contribution in [3.05, 3.63) is 0 Å². The van der Waals surface area contributed by atoms with Gasteiger partial charge in [-0.1, -0.05) is 19.3 Å². The molecule has 0 aromatic carbocycles. The molecule has 1 aliphatic heterocycles. The van der Waals surface area contributed by atoms with Gasteiger partial charge in [0.15, 0.2) is 0 Å². The van der Waals surface area contributed by atoms with Crippen molar-refractivity contribution in [2.24, 2.45) is 17.8 Å². The van der Waals surface area contributed by atoms with Gasteiger partial charge < -0.3 is 10.1 Å². The summed E-state index contributed by atoms with van der Waals surface area (Å²) < 4.78 is 4.80. The van der Waals surface area contributed by atoms with E-state index in [2.05, 4.69) is 5.32 Å². The number of methoxy groups -OCH3 is 1. The van der Waals surface area contributed by atoms with Gasteiger partial charge in [-0.25, -0.2) is 0 Å². The molecule has 1 heterocycles. The molecule has 2 atom stereocenters. The Balaban J connectivity index is 1.96. The summed E-state index contributed by atoms with van der Waals surface area (Å²) in [4.78, 5) is 11.4. The van der Waals surface area contributed by atoms with E-state index in [4.69, 9.17) is 4.74 Å². The third-order valence-corrected chi connectivity index (χ3v) is 3.52. The molecule has 0 spiro atoms. The second kappa shape index (κ2) is 3.66. The zero-order chi connectivity index (χ0) is 9.26. The van der Waals surface area contributed by atoms with Crippen LogP contribution in [0.2, 0.25) is 0 Å². The molecule has 3 heteroatoms. The molecule has 1 aliphatic carbocycles. The van der Waals surface area contributed by atoms with E-state index in [1.807, 2.05) is 0 Å². The lowest BCUT2D eigenvalue weighted by molar-refractivity contribution is -0.147. The van der Waals surface area contributed by atoms with Gasteiger partial charge in [0, 0.05) is 6.54 Å². The molecule has 3 nitrogen and oxygen atoms in total. The molecule has 0 radical (unpaired) electrons. The average molecular weight is 183 g/mol. The first-order valence-corrected chi connectivity index (χ1v) is 5.11. The fourth-order valence-electron chi connectivity index (χ4n) is 2.47. The van der Waals surface area contributed by atoms with Crippen molar-refractivity contribution in [3.8, 4) is 0 Å². The third kappa shape index (κ3) is 1.57. The molecule has 2 aliphatic rings. The highest BCUT2D eigenvalue weighted by Gasteiger charge is 2.40. The maximum absolute atomic E-state index is 11.4. The van der Waals surface area contributed by atoms with Crippen molar-refractivity contribution >= 4 is 5.97 Å². The third-order valence-electron chi connectivity index (χ3n) is 3.52. The minimum atomic E-state index is -0.0260. The van der Waals surface area contributed by atoms with Crippen LogP contribution in [-0.4, -0.2) is 26.2 Å². The van der Waals surface area contributed by atoms with Crippen LogP contribution in [0.25, 0.3) is 0 Å². The van der Waals surface area contributed by atoms with Crippen molar-refractivity contribution in [3.63, 3.8) is 0 Å². The highest BCUT2D eigenvalue weighted by Crippen LogP contribution is 2.39. The Morgan fingerprint density at radius 3 is 2.69 bits per heavy atom. The minimum Gasteiger partial charge on any atom is -0.469 e. The van der Waals surface area contributed by atoms with E-state index in [9.17, 15) is 4.79 Å². The van der Waals surface area contributed by atoms with E-state index in [-0.39, 0.29) is 11.9 Å². The molecule has 13 heavy (non-hydrogen) atoms. The van der Waals surface area contributed by atoms with Crippen LogP contribution in [0.4, 0.5) is 0 Å². The first-order chi connectivity index (χ1) is 6.33. The quantitative estimate of drug-likeness (QED) is 0.643. The minimum absolute atomic E-state index is 0.0260. The van der Waals surface area contributed by atoms with Gasteiger partial charge in [0.1, 0.15) is 0 Å². The molecule has 0 bridgehead atoms. The summed E-state index contributed by atoms with van der Waals surface area (Å²) in [6.45, 7) is 1.82. The first kappa shape index (κ1) is 9.00. The predicted octanol–water partition coefficient (Wildman–Crippen LogP) is 0.795. The predicted molar refractivity (Wildman–Crippen MR) is 49.2 cm³/mol. The molecule has 2 rings (SSSR count). The van der Waals surface area contributed by atoms with E-state index < -0.39 is 0 Å². The van der Waals surface area contributed by atoms with Gasteiger partial charge in [-0.2, -0.15) is 0 Å². The highest BCUT2D eigenvalue weighted by molar-refractivity contribution is 5.73. The second-order valence-corrected chi connectivity index (χ2v) is 4.14. The largest absolute Gasteiger partial charge is 0.469 e. The summed E-state index contributed by atoms with van der Waals surface area (Å²) in [5.74, 6) is 1.41. The molecule has 74 valence electrons.